The Morgan fingerprint density at radius 2 is 2.39 bits per heavy atom. The zero-order valence-corrected chi connectivity index (χ0v) is 9.89. The fraction of sp³-hybridized carbons (Fsp3) is 0.286. The molecule has 1 aromatic heterocycles. The van der Waals surface area contributed by atoms with E-state index in [1.807, 2.05) is 12.1 Å². The number of H-pyrrole nitrogens is 1. The second-order valence-corrected chi connectivity index (χ2v) is 4.36. The van der Waals surface area contributed by atoms with Crippen LogP contribution >= 0.6 is 0 Å². The van der Waals surface area contributed by atoms with E-state index in [-0.39, 0.29) is 5.92 Å². The van der Waals surface area contributed by atoms with Crippen LogP contribution in [0.15, 0.2) is 30.6 Å². The van der Waals surface area contributed by atoms with Crippen LogP contribution in [0, 0.1) is 11.3 Å². The number of rotatable bonds is 2. The summed E-state index contributed by atoms with van der Waals surface area (Å²) in [6, 6.07) is 8.25. The quantitative estimate of drug-likeness (QED) is 0.875. The van der Waals surface area contributed by atoms with Crippen molar-refractivity contribution in [3.63, 3.8) is 0 Å². The zero-order chi connectivity index (χ0) is 12.4. The Labute approximate surface area is 105 Å². The molecule has 4 nitrogen and oxygen atoms in total. The predicted octanol–water partition coefficient (Wildman–Crippen LogP) is 2.39. The number of aromatic nitrogens is 2. The molecular weight excluding hydrogens is 226 g/mol. The van der Waals surface area contributed by atoms with Gasteiger partial charge in [-0.25, -0.2) is 4.98 Å². The van der Waals surface area contributed by atoms with Gasteiger partial charge in [-0.2, -0.15) is 5.26 Å². The van der Waals surface area contributed by atoms with Gasteiger partial charge in [0, 0.05) is 12.4 Å². The highest BCUT2D eigenvalue weighted by Gasteiger charge is 2.18. The van der Waals surface area contributed by atoms with Crippen LogP contribution in [-0.2, 0) is 6.42 Å². The standard InChI is InChI=1S/C14H13N3O/c15-9-12(14-16-5-6-17-14)10-3-4-13-11(8-10)2-1-7-18-13/h3-6,8,12H,1-2,7H2,(H,16,17). The molecule has 0 spiro atoms. The summed E-state index contributed by atoms with van der Waals surface area (Å²) in [4.78, 5) is 7.17. The molecule has 1 N–H and O–H groups in total. The maximum atomic E-state index is 9.31. The molecule has 0 amide bonds. The summed E-state index contributed by atoms with van der Waals surface area (Å²) in [6.45, 7) is 0.784. The number of hydrogen-bond acceptors (Lipinski definition) is 3. The van der Waals surface area contributed by atoms with E-state index in [4.69, 9.17) is 4.74 Å². The lowest BCUT2D eigenvalue weighted by Crippen LogP contribution is -2.09. The Kier molecular flexibility index (Phi) is 2.73. The molecule has 1 aliphatic rings. The van der Waals surface area contributed by atoms with Gasteiger partial charge in [-0.05, 0) is 30.0 Å². The summed E-state index contributed by atoms with van der Waals surface area (Å²) in [5, 5.41) is 9.31. The molecule has 1 aromatic carbocycles. The number of nitriles is 1. The molecule has 1 unspecified atom stereocenters. The van der Waals surface area contributed by atoms with Crippen LogP contribution in [0.4, 0.5) is 0 Å². The van der Waals surface area contributed by atoms with Crippen molar-refractivity contribution in [3.8, 4) is 11.8 Å². The average Bonchev–Trinajstić information content (AvgIpc) is 2.93. The number of nitrogens with one attached hydrogen (secondary N) is 1. The maximum Gasteiger partial charge on any atom is 0.129 e. The Morgan fingerprint density at radius 3 is 3.17 bits per heavy atom. The summed E-state index contributed by atoms with van der Waals surface area (Å²) >= 11 is 0. The van der Waals surface area contributed by atoms with Crippen LogP contribution in [0.5, 0.6) is 5.75 Å². The molecule has 0 radical (unpaired) electrons. The first-order valence-corrected chi connectivity index (χ1v) is 6.03. The Hall–Kier alpha value is -2.28. The number of imidazole rings is 1. The number of benzene rings is 1. The van der Waals surface area contributed by atoms with Gasteiger partial charge in [-0.15, -0.1) is 0 Å². The molecule has 0 aliphatic carbocycles. The van der Waals surface area contributed by atoms with Gasteiger partial charge in [0.25, 0.3) is 0 Å². The topological polar surface area (TPSA) is 61.7 Å². The highest BCUT2D eigenvalue weighted by molar-refractivity contribution is 5.43. The van der Waals surface area contributed by atoms with Crippen LogP contribution in [0.1, 0.15) is 29.3 Å². The summed E-state index contributed by atoms with van der Waals surface area (Å²) < 4.78 is 5.58. The van der Waals surface area contributed by atoms with E-state index in [0.29, 0.717) is 5.82 Å². The molecule has 0 fully saturated rings. The summed E-state index contributed by atoms with van der Waals surface area (Å²) in [7, 11) is 0. The lowest BCUT2D eigenvalue weighted by molar-refractivity contribution is 0.288. The van der Waals surface area contributed by atoms with Crippen LogP contribution in [0.25, 0.3) is 0 Å². The van der Waals surface area contributed by atoms with E-state index in [0.717, 1.165) is 30.8 Å². The van der Waals surface area contributed by atoms with E-state index in [1.165, 1.54) is 5.56 Å². The smallest absolute Gasteiger partial charge is 0.129 e. The molecule has 0 saturated heterocycles. The first-order valence-electron chi connectivity index (χ1n) is 6.03. The molecule has 2 heterocycles. The van der Waals surface area contributed by atoms with Gasteiger partial charge in [0.15, 0.2) is 0 Å². The van der Waals surface area contributed by atoms with Gasteiger partial charge in [-0.1, -0.05) is 12.1 Å². The minimum atomic E-state index is -0.341. The van der Waals surface area contributed by atoms with Crippen LogP contribution in [-0.4, -0.2) is 16.6 Å². The number of hydrogen-bond donors (Lipinski definition) is 1. The molecule has 0 bridgehead atoms. The second-order valence-electron chi connectivity index (χ2n) is 4.36. The van der Waals surface area contributed by atoms with Gasteiger partial charge in [-0.3, -0.25) is 0 Å². The molecule has 2 aromatic rings. The minimum Gasteiger partial charge on any atom is -0.493 e. The maximum absolute atomic E-state index is 9.31. The number of aromatic amines is 1. The Bertz CT molecular complexity index is 584. The second kappa shape index (κ2) is 4.53. The van der Waals surface area contributed by atoms with Crippen molar-refractivity contribution in [3.05, 3.63) is 47.5 Å². The SMILES string of the molecule is N#CC(c1ccc2c(c1)CCCO2)c1ncc[nH]1. The third-order valence-electron chi connectivity index (χ3n) is 3.19. The largest absolute Gasteiger partial charge is 0.493 e. The number of fused-ring (bicyclic) bond motifs is 1. The first kappa shape index (κ1) is 10.8. The van der Waals surface area contributed by atoms with E-state index < -0.39 is 0 Å². The van der Waals surface area contributed by atoms with E-state index in [9.17, 15) is 5.26 Å². The van der Waals surface area contributed by atoms with Gasteiger partial charge >= 0.3 is 0 Å². The summed E-state index contributed by atoms with van der Waals surface area (Å²) in [6.07, 6.45) is 5.45. The van der Waals surface area contributed by atoms with Crippen LogP contribution < -0.4 is 4.74 Å². The highest BCUT2D eigenvalue weighted by Crippen LogP contribution is 2.30. The number of aryl methyl sites for hydroxylation is 1. The molecule has 18 heavy (non-hydrogen) atoms. The Balaban J connectivity index is 1.99. The van der Waals surface area contributed by atoms with Crippen molar-refractivity contribution in [2.24, 2.45) is 0 Å². The lowest BCUT2D eigenvalue weighted by atomic mass is 9.95. The fourth-order valence-corrected chi connectivity index (χ4v) is 2.29. The molecule has 0 saturated carbocycles. The first-order chi connectivity index (χ1) is 8.88. The summed E-state index contributed by atoms with van der Waals surface area (Å²) in [5.74, 6) is 1.29. The van der Waals surface area contributed by atoms with Crippen LogP contribution in [0.3, 0.4) is 0 Å². The van der Waals surface area contributed by atoms with Crippen molar-refractivity contribution >= 4 is 0 Å². The lowest BCUT2D eigenvalue weighted by Gasteiger charge is -2.18. The van der Waals surface area contributed by atoms with Crippen molar-refractivity contribution in [1.29, 1.82) is 5.26 Å². The van der Waals surface area contributed by atoms with Crippen molar-refractivity contribution in [1.82, 2.24) is 9.97 Å². The van der Waals surface area contributed by atoms with Gasteiger partial charge in [0.05, 0.1) is 12.7 Å². The van der Waals surface area contributed by atoms with E-state index in [2.05, 4.69) is 22.1 Å². The average molecular weight is 239 g/mol. The Morgan fingerprint density at radius 1 is 1.44 bits per heavy atom. The predicted molar refractivity (Wildman–Crippen MR) is 66.3 cm³/mol. The molecule has 4 heteroatoms. The van der Waals surface area contributed by atoms with Gasteiger partial charge in [0.1, 0.15) is 17.5 Å². The number of nitrogens with zero attached hydrogens (tertiary/aromatic N) is 2. The molecule has 1 aliphatic heterocycles. The third-order valence-corrected chi connectivity index (χ3v) is 3.19. The molecule has 90 valence electrons. The van der Waals surface area contributed by atoms with E-state index >= 15 is 0 Å². The van der Waals surface area contributed by atoms with E-state index in [1.54, 1.807) is 12.4 Å². The molecule has 1 atom stereocenters. The van der Waals surface area contributed by atoms with Crippen molar-refractivity contribution < 1.29 is 4.74 Å². The van der Waals surface area contributed by atoms with Crippen molar-refractivity contribution in [2.45, 2.75) is 18.8 Å². The van der Waals surface area contributed by atoms with Crippen molar-refractivity contribution in [2.75, 3.05) is 6.61 Å². The number of ether oxygens (including phenoxy) is 1. The molecular formula is C14H13N3O. The highest BCUT2D eigenvalue weighted by atomic mass is 16.5. The normalized spacial score (nSPS) is 15.3. The van der Waals surface area contributed by atoms with Crippen LogP contribution in [0.2, 0.25) is 0 Å². The fourth-order valence-electron chi connectivity index (χ4n) is 2.29. The summed E-state index contributed by atoms with van der Waals surface area (Å²) in [5.41, 5.74) is 2.15. The molecule has 3 rings (SSSR count). The third kappa shape index (κ3) is 1.84. The van der Waals surface area contributed by atoms with Gasteiger partial charge < -0.3 is 9.72 Å². The van der Waals surface area contributed by atoms with Gasteiger partial charge in [0.2, 0.25) is 0 Å². The zero-order valence-electron chi connectivity index (χ0n) is 9.89. The monoisotopic (exact) mass is 239 g/mol. The minimum absolute atomic E-state index is 0.341.